The number of carbonyl (C=O) groups excluding carboxylic acids is 1. The lowest BCUT2D eigenvalue weighted by Crippen LogP contribution is -2.33. The second kappa shape index (κ2) is 8.53. The molecule has 2 heterocycles. The summed E-state index contributed by atoms with van der Waals surface area (Å²) >= 11 is 7.57. The van der Waals surface area contributed by atoms with Gasteiger partial charge in [-0.05, 0) is 37.1 Å². The van der Waals surface area contributed by atoms with Crippen molar-refractivity contribution in [2.75, 3.05) is 7.11 Å². The molecule has 2 aromatic rings. The largest absolute Gasteiger partial charge is 0.481 e. The smallest absolute Gasteiger partial charge is 0.247 e. The van der Waals surface area contributed by atoms with E-state index in [1.807, 2.05) is 36.4 Å². The average molecular weight is 416 g/mol. The van der Waals surface area contributed by atoms with Gasteiger partial charge in [0.25, 0.3) is 0 Å². The molecule has 7 heteroatoms. The number of amides is 1. The Hall–Kier alpha value is -2.05. The van der Waals surface area contributed by atoms with E-state index in [9.17, 15) is 4.79 Å². The minimum absolute atomic E-state index is 0.0350. The summed E-state index contributed by atoms with van der Waals surface area (Å²) in [6, 6.07) is 11.4. The molecule has 2 aliphatic rings. The third kappa shape index (κ3) is 3.89. The Kier molecular flexibility index (Phi) is 5.87. The Morgan fingerprint density at radius 1 is 1.18 bits per heavy atom. The summed E-state index contributed by atoms with van der Waals surface area (Å²) in [5.41, 5.74) is 1.80. The Labute approximate surface area is 174 Å². The van der Waals surface area contributed by atoms with Crippen molar-refractivity contribution in [3.8, 4) is 5.88 Å². The molecule has 1 aliphatic carbocycles. The number of rotatable bonds is 4. The van der Waals surface area contributed by atoms with Gasteiger partial charge in [0, 0.05) is 28.3 Å². The lowest BCUT2D eigenvalue weighted by Gasteiger charge is -2.28. The van der Waals surface area contributed by atoms with E-state index in [1.54, 1.807) is 30.1 Å². The number of thioether (sulfide) groups is 1. The van der Waals surface area contributed by atoms with Gasteiger partial charge in [0.05, 0.1) is 7.11 Å². The summed E-state index contributed by atoms with van der Waals surface area (Å²) in [6.45, 7) is 0. The van der Waals surface area contributed by atoms with E-state index >= 15 is 0 Å². The molecule has 0 bridgehead atoms. The van der Waals surface area contributed by atoms with Gasteiger partial charge in [0.1, 0.15) is 10.4 Å². The van der Waals surface area contributed by atoms with Crippen LogP contribution in [0.15, 0.2) is 47.7 Å². The predicted molar refractivity (Wildman–Crippen MR) is 113 cm³/mol. The van der Waals surface area contributed by atoms with Crippen LogP contribution in [0.4, 0.5) is 0 Å². The Bertz CT molecular complexity index is 881. The van der Waals surface area contributed by atoms with E-state index < -0.39 is 0 Å². The molecule has 0 N–H and O–H groups in total. The number of methoxy groups -OCH3 is 1. The predicted octanol–water partition coefficient (Wildman–Crippen LogP) is 5.26. The summed E-state index contributed by atoms with van der Waals surface area (Å²) in [7, 11) is 1.60. The SMILES string of the molecule is COc1ncccc1C1SC(c2ccc(Cl)cc2)=NN1C(=O)C1CCCCC1. The van der Waals surface area contributed by atoms with Gasteiger partial charge in [-0.2, -0.15) is 5.10 Å². The van der Waals surface area contributed by atoms with Crippen LogP contribution in [0, 0.1) is 5.92 Å². The van der Waals surface area contributed by atoms with Crippen LogP contribution in [-0.2, 0) is 4.79 Å². The number of hydrogen-bond acceptors (Lipinski definition) is 5. The van der Waals surface area contributed by atoms with Gasteiger partial charge < -0.3 is 4.74 Å². The third-order valence-corrected chi connectivity index (χ3v) is 6.64. The molecule has 1 aromatic carbocycles. The van der Waals surface area contributed by atoms with Crippen LogP contribution >= 0.6 is 23.4 Å². The van der Waals surface area contributed by atoms with Crippen LogP contribution < -0.4 is 4.74 Å². The van der Waals surface area contributed by atoms with Gasteiger partial charge in [-0.15, -0.1) is 0 Å². The van der Waals surface area contributed by atoms with Crippen molar-refractivity contribution >= 4 is 34.3 Å². The first-order valence-electron chi connectivity index (χ1n) is 9.50. The number of halogens is 1. The summed E-state index contributed by atoms with van der Waals surface area (Å²) in [4.78, 5) is 17.7. The number of carbonyl (C=O) groups is 1. The van der Waals surface area contributed by atoms with E-state index in [0.717, 1.165) is 41.9 Å². The van der Waals surface area contributed by atoms with E-state index in [-0.39, 0.29) is 17.2 Å². The number of hydrogen-bond donors (Lipinski definition) is 0. The lowest BCUT2D eigenvalue weighted by atomic mass is 9.88. The lowest BCUT2D eigenvalue weighted by molar-refractivity contribution is -0.137. The molecule has 1 aliphatic heterocycles. The van der Waals surface area contributed by atoms with Crippen molar-refractivity contribution in [2.45, 2.75) is 37.5 Å². The first-order chi connectivity index (χ1) is 13.7. The van der Waals surface area contributed by atoms with Crippen LogP contribution in [-0.4, -0.2) is 28.1 Å². The minimum atomic E-state index is -0.288. The first-order valence-corrected chi connectivity index (χ1v) is 10.8. The van der Waals surface area contributed by atoms with Gasteiger partial charge in [0.2, 0.25) is 11.8 Å². The highest BCUT2D eigenvalue weighted by Gasteiger charge is 2.39. The Balaban J connectivity index is 1.69. The standard InChI is InChI=1S/C21H22ClN3O2S/c1-27-18-17(8-5-13-23-18)21-25(20(26)15-6-3-2-4-7-15)24-19(28-21)14-9-11-16(22)12-10-14/h5,8-13,15,21H,2-4,6-7H2,1H3. The maximum atomic E-state index is 13.3. The molecule has 28 heavy (non-hydrogen) atoms. The number of hydrazone groups is 1. The van der Waals surface area contributed by atoms with E-state index in [2.05, 4.69) is 4.98 Å². The zero-order chi connectivity index (χ0) is 19.5. The van der Waals surface area contributed by atoms with Crippen LogP contribution in [0.2, 0.25) is 5.02 Å². The summed E-state index contributed by atoms with van der Waals surface area (Å²) < 4.78 is 5.46. The zero-order valence-corrected chi connectivity index (χ0v) is 17.2. The normalized spacial score (nSPS) is 20.1. The molecule has 1 saturated carbocycles. The topological polar surface area (TPSA) is 54.8 Å². The fraction of sp³-hybridized carbons (Fsp3) is 0.381. The zero-order valence-electron chi connectivity index (χ0n) is 15.7. The molecule has 146 valence electrons. The number of pyridine rings is 1. The molecule has 1 atom stereocenters. The van der Waals surface area contributed by atoms with Crippen molar-refractivity contribution in [3.05, 3.63) is 58.7 Å². The summed E-state index contributed by atoms with van der Waals surface area (Å²) in [5, 5.41) is 7.56. The molecular weight excluding hydrogens is 394 g/mol. The molecule has 1 fully saturated rings. The van der Waals surface area contributed by atoms with Crippen molar-refractivity contribution in [1.29, 1.82) is 0 Å². The number of nitrogens with zero attached hydrogens (tertiary/aromatic N) is 3. The fourth-order valence-electron chi connectivity index (χ4n) is 3.71. The number of aromatic nitrogens is 1. The van der Waals surface area contributed by atoms with Crippen molar-refractivity contribution < 1.29 is 9.53 Å². The molecule has 5 nitrogen and oxygen atoms in total. The highest BCUT2D eigenvalue weighted by molar-refractivity contribution is 8.14. The minimum Gasteiger partial charge on any atom is -0.481 e. The number of benzene rings is 1. The highest BCUT2D eigenvalue weighted by atomic mass is 35.5. The molecule has 0 spiro atoms. The van der Waals surface area contributed by atoms with Crippen molar-refractivity contribution in [3.63, 3.8) is 0 Å². The van der Waals surface area contributed by atoms with Gasteiger partial charge in [0.15, 0.2) is 0 Å². The molecule has 1 amide bonds. The van der Waals surface area contributed by atoms with Gasteiger partial charge in [-0.25, -0.2) is 9.99 Å². The highest BCUT2D eigenvalue weighted by Crippen LogP contribution is 2.45. The van der Waals surface area contributed by atoms with Gasteiger partial charge in [-0.3, -0.25) is 4.79 Å². The summed E-state index contributed by atoms with van der Waals surface area (Å²) in [6.07, 6.45) is 6.97. The van der Waals surface area contributed by atoms with Crippen LogP contribution in [0.1, 0.15) is 48.6 Å². The molecule has 0 radical (unpaired) electrons. The maximum Gasteiger partial charge on any atom is 0.247 e. The van der Waals surface area contributed by atoms with Crippen LogP contribution in [0.3, 0.4) is 0 Å². The quantitative estimate of drug-likeness (QED) is 0.683. The molecule has 1 aromatic heterocycles. The average Bonchev–Trinajstić information content (AvgIpc) is 3.19. The van der Waals surface area contributed by atoms with Crippen LogP contribution in [0.25, 0.3) is 0 Å². The van der Waals surface area contributed by atoms with Crippen molar-refractivity contribution in [2.24, 2.45) is 11.0 Å². The maximum absolute atomic E-state index is 13.3. The van der Waals surface area contributed by atoms with E-state index in [0.29, 0.717) is 10.9 Å². The first kappa shape index (κ1) is 19.3. The molecule has 1 unspecified atom stereocenters. The molecule has 4 rings (SSSR count). The molecular formula is C21H22ClN3O2S. The second-order valence-electron chi connectivity index (χ2n) is 7.00. The monoisotopic (exact) mass is 415 g/mol. The third-order valence-electron chi connectivity index (χ3n) is 5.18. The van der Waals surface area contributed by atoms with Crippen molar-refractivity contribution in [1.82, 2.24) is 9.99 Å². The Morgan fingerprint density at radius 2 is 1.93 bits per heavy atom. The number of ether oxygens (including phenoxy) is 1. The Morgan fingerprint density at radius 3 is 2.64 bits per heavy atom. The van der Waals surface area contributed by atoms with E-state index in [1.165, 1.54) is 6.42 Å². The van der Waals surface area contributed by atoms with E-state index in [4.69, 9.17) is 21.4 Å². The van der Waals surface area contributed by atoms with Gasteiger partial charge in [-0.1, -0.05) is 54.8 Å². The van der Waals surface area contributed by atoms with Gasteiger partial charge >= 0.3 is 0 Å². The van der Waals surface area contributed by atoms with Crippen LogP contribution in [0.5, 0.6) is 5.88 Å². The second-order valence-corrected chi connectivity index (χ2v) is 8.51. The fourth-order valence-corrected chi connectivity index (χ4v) is 5.01. The molecule has 0 saturated heterocycles. The summed E-state index contributed by atoms with van der Waals surface area (Å²) in [5.74, 6) is 0.647.